The lowest BCUT2D eigenvalue weighted by molar-refractivity contribution is -0.0440. The molecule has 2 fully saturated rings. The van der Waals surface area contributed by atoms with Gasteiger partial charge in [0.15, 0.2) is 0 Å². The van der Waals surface area contributed by atoms with Gasteiger partial charge in [-0.2, -0.15) is 4.31 Å². The highest BCUT2D eigenvalue weighted by Crippen LogP contribution is 2.28. The van der Waals surface area contributed by atoms with Crippen molar-refractivity contribution in [3.05, 3.63) is 28.8 Å². The number of amides is 1. The van der Waals surface area contributed by atoms with Gasteiger partial charge in [-0.25, -0.2) is 8.42 Å². The van der Waals surface area contributed by atoms with Gasteiger partial charge in [-0.1, -0.05) is 25.4 Å². The zero-order valence-corrected chi connectivity index (χ0v) is 21.1. The molecule has 0 spiro atoms. The molecular weight excluding hydrogens is 450 g/mol. The van der Waals surface area contributed by atoms with Crippen LogP contribution in [0.3, 0.4) is 0 Å². The number of hydrogen-bond donors (Lipinski definition) is 1. The topological polar surface area (TPSA) is 79.0 Å². The van der Waals surface area contributed by atoms with Crippen molar-refractivity contribution in [3.63, 3.8) is 0 Å². The number of halogens is 1. The van der Waals surface area contributed by atoms with Gasteiger partial charge in [-0.3, -0.25) is 4.79 Å². The van der Waals surface area contributed by atoms with E-state index in [0.29, 0.717) is 23.9 Å². The Kier molecular flexibility index (Phi) is 8.60. The van der Waals surface area contributed by atoms with Crippen LogP contribution in [0.2, 0.25) is 5.02 Å². The van der Waals surface area contributed by atoms with Crippen molar-refractivity contribution >= 4 is 27.5 Å². The van der Waals surface area contributed by atoms with Gasteiger partial charge < -0.3 is 15.0 Å². The summed E-state index contributed by atoms with van der Waals surface area (Å²) in [6.07, 6.45) is 1.72. The first kappa shape index (κ1) is 25.4. The summed E-state index contributed by atoms with van der Waals surface area (Å²) >= 11 is 6.24. The first-order valence-corrected chi connectivity index (χ1v) is 13.3. The summed E-state index contributed by atoms with van der Waals surface area (Å²) in [6.45, 7) is 12.5. The summed E-state index contributed by atoms with van der Waals surface area (Å²) in [4.78, 5) is 15.1. The molecule has 1 amide bonds. The minimum Gasteiger partial charge on any atom is -0.373 e. The second-order valence-electron chi connectivity index (χ2n) is 9.54. The summed E-state index contributed by atoms with van der Waals surface area (Å²) in [5.41, 5.74) is 0.294. The molecule has 2 saturated heterocycles. The molecule has 0 aliphatic carbocycles. The first-order chi connectivity index (χ1) is 15.1. The molecule has 2 heterocycles. The Hall–Kier alpha value is -1.19. The second-order valence-corrected chi connectivity index (χ2v) is 11.9. The maximum atomic E-state index is 13.2. The number of sulfonamides is 1. The SMILES string of the molecule is CC1CC(C)CN(CCCNC(=O)c2ccc(Cl)c(S(=O)(=O)N3CC(C)OC(C)C3)c2)C1. The van der Waals surface area contributed by atoms with Crippen molar-refractivity contribution in [2.24, 2.45) is 11.8 Å². The monoisotopic (exact) mass is 485 g/mol. The third kappa shape index (κ3) is 6.44. The van der Waals surface area contributed by atoms with Crippen molar-refractivity contribution in [1.82, 2.24) is 14.5 Å². The van der Waals surface area contributed by atoms with E-state index in [4.69, 9.17) is 16.3 Å². The van der Waals surface area contributed by atoms with Gasteiger partial charge in [0.1, 0.15) is 4.90 Å². The minimum atomic E-state index is -3.83. The molecule has 4 unspecified atom stereocenters. The average Bonchev–Trinajstić information content (AvgIpc) is 2.70. The third-order valence-corrected chi connectivity index (χ3v) is 8.39. The molecule has 2 aliphatic heterocycles. The summed E-state index contributed by atoms with van der Waals surface area (Å²) in [5, 5.41) is 3.03. The van der Waals surface area contributed by atoms with Crippen LogP contribution in [0.4, 0.5) is 0 Å². The lowest BCUT2D eigenvalue weighted by Crippen LogP contribution is -2.48. The zero-order valence-electron chi connectivity index (χ0n) is 19.5. The molecule has 1 aromatic carbocycles. The van der Waals surface area contributed by atoms with E-state index in [1.165, 1.54) is 22.9 Å². The van der Waals surface area contributed by atoms with Crippen molar-refractivity contribution in [3.8, 4) is 0 Å². The Balaban J connectivity index is 1.60. The zero-order chi connectivity index (χ0) is 23.5. The van der Waals surface area contributed by atoms with E-state index in [1.54, 1.807) is 6.07 Å². The molecule has 0 radical (unpaired) electrons. The smallest absolute Gasteiger partial charge is 0.251 e. The first-order valence-electron chi connectivity index (χ1n) is 11.5. The van der Waals surface area contributed by atoms with Gasteiger partial charge >= 0.3 is 0 Å². The average molecular weight is 486 g/mol. The number of nitrogens with zero attached hydrogens (tertiary/aromatic N) is 2. The molecule has 0 bridgehead atoms. The largest absolute Gasteiger partial charge is 0.373 e. The molecule has 32 heavy (non-hydrogen) atoms. The molecule has 180 valence electrons. The van der Waals surface area contributed by atoms with E-state index in [-0.39, 0.29) is 41.1 Å². The van der Waals surface area contributed by atoms with Gasteiger partial charge in [0.2, 0.25) is 10.0 Å². The highest BCUT2D eigenvalue weighted by Gasteiger charge is 2.34. The molecule has 1 aromatic rings. The maximum absolute atomic E-state index is 13.2. The Labute approximate surface area is 197 Å². The number of carbonyl (C=O) groups excluding carboxylic acids is 1. The van der Waals surface area contributed by atoms with Crippen molar-refractivity contribution < 1.29 is 17.9 Å². The van der Waals surface area contributed by atoms with Crippen LogP contribution in [0.5, 0.6) is 0 Å². The molecule has 4 atom stereocenters. The Bertz CT molecular complexity index is 891. The molecule has 0 aromatic heterocycles. The summed E-state index contributed by atoms with van der Waals surface area (Å²) in [6, 6.07) is 4.42. The predicted octanol–water partition coefficient (Wildman–Crippen LogP) is 3.24. The van der Waals surface area contributed by atoms with Crippen LogP contribution in [0.25, 0.3) is 0 Å². The molecule has 9 heteroatoms. The fourth-order valence-corrected chi connectivity index (χ4v) is 6.98. The molecule has 3 rings (SSSR count). The fourth-order valence-electron chi connectivity index (χ4n) is 4.89. The van der Waals surface area contributed by atoms with Gasteiger partial charge in [-0.15, -0.1) is 0 Å². The maximum Gasteiger partial charge on any atom is 0.251 e. The van der Waals surface area contributed by atoms with E-state index in [9.17, 15) is 13.2 Å². The Morgan fingerprint density at radius 2 is 1.72 bits per heavy atom. The molecule has 0 saturated carbocycles. The number of hydrogen-bond acceptors (Lipinski definition) is 5. The van der Waals surface area contributed by atoms with E-state index in [0.717, 1.165) is 26.1 Å². The molecule has 7 nitrogen and oxygen atoms in total. The highest BCUT2D eigenvalue weighted by atomic mass is 35.5. The fraction of sp³-hybridized carbons (Fsp3) is 0.696. The number of benzene rings is 1. The Morgan fingerprint density at radius 3 is 2.34 bits per heavy atom. The lowest BCUT2D eigenvalue weighted by Gasteiger charge is -2.35. The van der Waals surface area contributed by atoms with Crippen LogP contribution in [0.1, 0.15) is 50.9 Å². The summed E-state index contributed by atoms with van der Waals surface area (Å²) < 4.78 is 33.4. The highest BCUT2D eigenvalue weighted by molar-refractivity contribution is 7.89. The van der Waals surface area contributed by atoms with E-state index >= 15 is 0 Å². The standard InChI is InChI=1S/C23H36ClN3O4S/c1-16-10-17(2)13-26(12-16)9-5-8-25-23(28)20-6-7-21(24)22(11-20)32(29,30)27-14-18(3)31-19(4)15-27/h6-7,11,16-19H,5,8-10,12-15H2,1-4H3,(H,25,28). The number of piperidine rings is 1. The van der Waals surface area contributed by atoms with Crippen LogP contribution in [0.15, 0.2) is 23.1 Å². The molecule has 1 N–H and O–H groups in total. The number of ether oxygens (including phenoxy) is 1. The predicted molar refractivity (Wildman–Crippen MR) is 127 cm³/mol. The normalized spacial score (nSPS) is 27.9. The minimum absolute atomic E-state index is 0.0376. The lowest BCUT2D eigenvalue weighted by atomic mass is 9.92. The van der Waals surface area contributed by atoms with Crippen LogP contribution in [0, 0.1) is 11.8 Å². The third-order valence-electron chi connectivity index (χ3n) is 6.08. The van der Waals surface area contributed by atoms with Crippen LogP contribution in [-0.4, -0.2) is 75.0 Å². The number of morpholine rings is 1. The van der Waals surface area contributed by atoms with Crippen LogP contribution >= 0.6 is 11.6 Å². The van der Waals surface area contributed by atoms with Crippen LogP contribution < -0.4 is 5.32 Å². The van der Waals surface area contributed by atoms with Crippen LogP contribution in [-0.2, 0) is 14.8 Å². The van der Waals surface area contributed by atoms with E-state index in [1.807, 2.05) is 13.8 Å². The second kappa shape index (κ2) is 10.8. The van der Waals surface area contributed by atoms with Gasteiger partial charge in [0.25, 0.3) is 5.91 Å². The number of rotatable bonds is 7. The number of likely N-dealkylation sites (tertiary alicyclic amines) is 1. The summed E-state index contributed by atoms with van der Waals surface area (Å²) in [7, 11) is -3.83. The molecule has 2 aliphatic rings. The number of carbonyl (C=O) groups is 1. The number of nitrogens with one attached hydrogen (secondary N) is 1. The van der Waals surface area contributed by atoms with Crippen molar-refractivity contribution in [1.29, 1.82) is 0 Å². The van der Waals surface area contributed by atoms with E-state index < -0.39 is 10.0 Å². The summed E-state index contributed by atoms with van der Waals surface area (Å²) in [5.74, 6) is 1.13. The van der Waals surface area contributed by atoms with Gasteiger partial charge in [0, 0.05) is 38.3 Å². The van der Waals surface area contributed by atoms with Gasteiger partial charge in [-0.05, 0) is 63.3 Å². The van der Waals surface area contributed by atoms with E-state index in [2.05, 4.69) is 24.1 Å². The van der Waals surface area contributed by atoms with Gasteiger partial charge in [0.05, 0.1) is 17.2 Å². The Morgan fingerprint density at radius 1 is 1.09 bits per heavy atom. The van der Waals surface area contributed by atoms with Crippen molar-refractivity contribution in [2.45, 2.75) is 57.6 Å². The quantitative estimate of drug-likeness (QED) is 0.600. The molecular formula is C23H36ClN3O4S. The van der Waals surface area contributed by atoms with Crippen molar-refractivity contribution in [2.75, 3.05) is 39.3 Å².